The molecule has 31 valence electrons. The molecule has 0 spiro atoms. The number of nitrogens with zero attached hydrogens (tertiary/aromatic N) is 1. The molecule has 0 aliphatic rings. The average Bonchev–Trinajstić information content (AvgIpc) is 1.41. The van der Waals surface area contributed by atoms with Crippen LogP contribution >= 0.6 is 0 Å². The summed E-state index contributed by atoms with van der Waals surface area (Å²) in [6.45, 7) is 4.70. The van der Waals surface area contributed by atoms with E-state index in [4.69, 9.17) is 6.58 Å². The van der Waals surface area contributed by atoms with Crippen LogP contribution < -0.4 is 5.73 Å². The van der Waals surface area contributed by atoms with Crippen LogP contribution in [0.5, 0.6) is 0 Å². The number of hydrogen-bond donors (Lipinski definition) is 1. The van der Waals surface area contributed by atoms with E-state index in [1.54, 1.807) is 0 Å². The topological polar surface area (TPSA) is 38.4 Å². The number of aliphatic imine (C=N–C) groups is 1. The van der Waals surface area contributed by atoms with E-state index in [2.05, 4.69) is 10.7 Å². The summed E-state index contributed by atoms with van der Waals surface area (Å²) < 4.78 is 0. The second-order valence-electron chi connectivity index (χ2n) is 0.407. The Kier molecular flexibility index (Phi) is 14.4. The van der Waals surface area contributed by atoms with Gasteiger partial charge >= 0.3 is 0 Å². The standard InChI is InChI=1S/C3H4N2.Y/c1-2-5-3-4;/h1-2H,(H2,4,5);/q-2;. The zero-order valence-electron chi connectivity index (χ0n) is 3.26. The SMILES string of the molecule is [CH-]=CN=[C-]N.[Y]. The summed E-state index contributed by atoms with van der Waals surface area (Å²) in [5.41, 5.74) is 4.61. The maximum Gasteiger partial charge on any atom is 0 e. The van der Waals surface area contributed by atoms with Gasteiger partial charge in [0.25, 0.3) is 0 Å². The first-order chi connectivity index (χ1) is 2.41. The molecule has 0 rings (SSSR count). The second kappa shape index (κ2) is 9.00. The number of rotatable bonds is 1. The van der Waals surface area contributed by atoms with Crippen LogP contribution in [0, 0.1) is 6.58 Å². The van der Waals surface area contributed by atoms with Gasteiger partial charge in [-0.05, 0) is 0 Å². The minimum atomic E-state index is 0. The largest absolute Gasteiger partial charge is 0.601 e. The molecular weight excluding hydrogens is 153 g/mol. The van der Waals surface area contributed by atoms with Gasteiger partial charge in [-0.2, -0.15) is 0 Å². The Labute approximate surface area is 62.4 Å². The molecule has 0 fully saturated rings. The predicted octanol–water partition coefficient (Wildman–Crippen LogP) is -0.205. The van der Waals surface area contributed by atoms with Crippen molar-refractivity contribution in [3.63, 3.8) is 0 Å². The minimum absolute atomic E-state index is 0. The molecule has 0 atom stereocenters. The molecule has 2 N–H and O–H groups in total. The molecule has 0 saturated heterocycles. The summed E-state index contributed by atoms with van der Waals surface area (Å²) >= 11 is 0. The van der Waals surface area contributed by atoms with Gasteiger partial charge in [0, 0.05) is 32.7 Å². The van der Waals surface area contributed by atoms with Crippen molar-refractivity contribution in [3.8, 4) is 0 Å². The summed E-state index contributed by atoms with van der Waals surface area (Å²) in [6, 6.07) is 0. The molecule has 6 heavy (non-hydrogen) atoms. The molecule has 0 aromatic heterocycles. The van der Waals surface area contributed by atoms with E-state index in [1.807, 2.05) is 6.34 Å². The van der Waals surface area contributed by atoms with Crippen molar-refractivity contribution in [1.82, 2.24) is 0 Å². The molecule has 3 heteroatoms. The van der Waals surface area contributed by atoms with Crippen LogP contribution in [0.25, 0.3) is 0 Å². The molecule has 0 aromatic rings. The van der Waals surface area contributed by atoms with Crippen molar-refractivity contribution in [2.45, 2.75) is 0 Å². The van der Waals surface area contributed by atoms with Crippen molar-refractivity contribution in [2.75, 3.05) is 0 Å². The first kappa shape index (κ1) is 9.58. The molecule has 0 bridgehead atoms. The van der Waals surface area contributed by atoms with Crippen LogP contribution in [0.2, 0.25) is 0 Å². The van der Waals surface area contributed by atoms with Gasteiger partial charge in [0.1, 0.15) is 0 Å². The summed E-state index contributed by atoms with van der Waals surface area (Å²) in [6.07, 6.45) is 3.03. The fourth-order valence-corrected chi connectivity index (χ4v) is 0.0430. The molecular formula is C3H4N2Y-2. The van der Waals surface area contributed by atoms with Crippen molar-refractivity contribution in [3.05, 3.63) is 12.8 Å². The molecule has 0 amide bonds. The van der Waals surface area contributed by atoms with Gasteiger partial charge in [0.05, 0.1) is 0 Å². The summed E-state index contributed by atoms with van der Waals surface area (Å²) in [4.78, 5) is 3.15. The van der Waals surface area contributed by atoms with E-state index in [0.29, 0.717) is 0 Å². The maximum atomic E-state index is 4.70. The number of hydrogen-bond acceptors (Lipinski definition) is 1. The molecule has 0 saturated carbocycles. The minimum Gasteiger partial charge on any atom is -0.601 e. The normalized spacial score (nSPS) is 7.33. The Morgan fingerprint density at radius 2 is 2.33 bits per heavy atom. The smallest absolute Gasteiger partial charge is 0 e. The van der Waals surface area contributed by atoms with Crippen LogP contribution in [-0.4, -0.2) is 6.34 Å². The quantitative estimate of drug-likeness (QED) is 0.243. The van der Waals surface area contributed by atoms with E-state index in [9.17, 15) is 0 Å². The molecule has 2 nitrogen and oxygen atoms in total. The van der Waals surface area contributed by atoms with Gasteiger partial charge in [0.2, 0.25) is 0 Å². The van der Waals surface area contributed by atoms with E-state index >= 15 is 0 Å². The first-order valence-electron chi connectivity index (χ1n) is 1.10. The maximum absolute atomic E-state index is 4.70. The molecule has 0 aliphatic heterocycles. The molecule has 0 unspecified atom stereocenters. The van der Waals surface area contributed by atoms with E-state index in [1.165, 1.54) is 0 Å². The fraction of sp³-hybridized carbons (Fsp3) is 0. The Bertz CT molecular complexity index is 50.8. The van der Waals surface area contributed by atoms with Gasteiger partial charge in [-0.25, -0.2) is 0 Å². The Morgan fingerprint density at radius 3 is 2.33 bits per heavy atom. The summed E-state index contributed by atoms with van der Waals surface area (Å²) in [5.74, 6) is 0. The molecule has 0 aromatic carbocycles. The van der Waals surface area contributed by atoms with E-state index in [-0.39, 0.29) is 32.7 Å². The zero-order valence-corrected chi connectivity index (χ0v) is 6.09. The van der Waals surface area contributed by atoms with Gasteiger partial charge < -0.3 is 23.5 Å². The Morgan fingerprint density at radius 1 is 1.83 bits per heavy atom. The van der Waals surface area contributed by atoms with Gasteiger partial charge in [-0.1, -0.05) is 6.34 Å². The summed E-state index contributed by atoms with van der Waals surface area (Å²) in [7, 11) is 0. The van der Waals surface area contributed by atoms with Crippen LogP contribution in [-0.2, 0) is 32.7 Å². The Balaban J connectivity index is 0. The van der Waals surface area contributed by atoms with E-state index < -0.39 is 0 Å². The first-order valence-corrected chi connectivity index (χ1v) is 1.10. The van der Waals surface area contributed by atoms with Gasteiger partial charge in [-0.15, -0.1) is 0 Å². The van der Waals surface area contributed by atoms with Crippen molar-refractivity contribution < 1.29 is 32.7 Å². The fourth-order valence-electron chi connectivity index (χ4n) is 0.0430. The van der Waals surface area contributed by atoms with Crippen LogP contribution in [0.15, 0.2) is 11.2 Å². The third-order valence-electron chi connectivity index (χ3n) is 0.149. The van der Waals surface area contributed by atoms with Crippen molar-refractivity contribution in [1.29, 1.82) is 0 Å². The molecule has 1 radical (unpaired) electrons. The summed E-state index contributed by atoms with van der Waals surface area (Å²) in [5, 5.41) is 0. The Hall–Kier alpha value is 0.314. The zero-order chi connectivity index (χ0) is 4.12. The monoisotopic (exact) mass is 157 g/mol. The van der Waals surface area contributed by atoms with Crippen molar-refractivity contribution >= 4 is 6.34 Å². The third kappa shape index (κ3) is 8.85. The second-order valence-corrected chi connectivity index (χ2v) is 0.407. The van der Waals surface area contributed by atoms with Crippen LogP contribution in [0.3, 0.4) is 0 Å². The van der Waals surface area contributed by atoms with Gasteiger partial charge in [0.15, 0.2) is 0 Å². The third-order valence-corrected chi connectivity index (χ3v) is 0.149. The average molecular weight is 157 g/mol. The molecule has 0 heterocycles. The van der Waals surface area contributed by atoms with E-state index in [0.717, 1.165) is 6.20 Å². The molecule has 0 aliphatic carbocycles. The number of nitrogens with two attached hydrogens (primary N) is 1. The van der Waals surface area contributed by atoms with Crippen LogP contribution in [0.4, 0.5) is 0 Å². The van der Waals surface area contributed by atoms with Gasteiger partial charge in [-0.3, -0.25) is 0 Å². The predicted molar refractivity (Wildman–Crippen MR) is 20.5 cm³/mol. The van der Waals surface area contributed by atoms with Crippen molar-refractivity contribution in [2.24, 2.45) is 10.7 Å². The van der Waals surface area contributed by atoms with Crippen LogP contribution in [0.1, 0.15) is 0 Å².